The molecule has 1 heterocycles. The Morgan fingerprint density at radius 1 is 1.21 bits per heavy atom. The van der Waals surface area contributed by atoms with E-state index in [9.17, 15) is 9.59 Å². The van der Waals surface area contributed by atoms with E-state index in [1.54, 1.807) is 0 Å². The van der Waals surface area contributed by atoms with Crippen molar-refractivity contribution in [2.75, 3.05) is 6.61 Å². The van der Waals surface area contributed by atoms with Crippen LogP contribution >= 0.6 is 0 Å². The SMILES string of the molecule is O=C(CCC1CCCCO1)NC1CCC(C(=O)O)C1. The second-order valence-electron chi connectivity index (χ2n) is 5.64. The Morgan fingerprint density at radius 2 is 2.05 bits per heavy atom. The van der Waals surface area contributed by atoms with Crippen LogP contribution in [0.2, 0.25) is 0 Å². The number of aliphatic carboxylic acids is 1. The molecule has 3 atom stereocenters. The first-order chi connectivity index (χ1) is 9.15. The van der Waals surface area contributed by atoms with Crippen molar-refractivity contribution in [2.24, 2.45) is 5.92 Å². The zero-order valence-electron chi connectivity index (χ0n) is 11.3. The molecule has 1 aliphatic heterocycles. The van der Waals surface area contributed by atoms with Gasteiger partial charge in [-0.1, -0.05) is 0 Å². The van der Waals surface area contributed by atoms with Crippen molar-refractivity contribution in [1.82, 2.24) is 5.32 Å². The average Bonchev–Trinajstić information content (AvgIpc) is 2.86. The van der Waals surface area contributed by atoms with Gasteiger partial charge in [0.2, 0.25) is 5.91 Å². The third-order valence-corrected chi connectivity index (χ3v) is 4.11. The van der Waals surface area contributed by atoms with E-state index in [4.69, 9.17) is 9.84 Å². The highest BCUT2D eigenvalue weighted by molar-refractivity contribution is 5.76. The Kier molecular flexibility index (Phi) is 5.19. The molecule has 0 spiro atoms. The van der Waals surface area contributed by atoms with Crippen LogP contribution in [0.15, 0.2) is 0 Å². The van der Waals surface area contributed by atoms with Crippen molar-refractivity contribution < 1.29 is 19.4 Å². The third kappa shape index (κ3) is 4.49. The summed E-state index contributed by atoms with van der Waals surface area (Å²) in [6, 6.07) is 0.0425. The monoisotopic (exact) mass is 269 g/mol. The van der Waals surface area contributed by atoms with Crippen LogP contribution in [0.1, 0.15) is 51.4 Å². The maximum absolute atomic E-state index is 11.8. The van der Waals surface area contributed by atoms with Crippen molar-refractivity contribution in [3.8, 4) is 0 Å². The van der Waals surface area contributed by atoms with E-state index in [2.05, 4.69) is 5.32 Å². The number of carbonyl (C=O) groups is 2. The molecule has 3 unspecified atom stereocenters. The second-order valence-corrected chi connectivity index (χ2v) is 5.64. The molecule has 0 bridgehead atoms. The summed E-state index contributed by atoms with van der Waals surface area (Å²) in [5.41, 5.74) is 0. The molecule has 1 amide bonds. The molecule has 2 fully saturated rings. The fraction of sp³-hybridized carbons (Fsp3) is 0.857. The highest BCUT2D eigenvalue weighted by Gasteiger charge is 2.30. The molecule has 2 aliphatic rings. The van der Waals surface area contributed by atoms with Crippen molar-refractivity contribution >= 4 is 11.9 Å². The number of carbonyl (C=O) groups excluding carboxylic acids is 1. The lowest BCUT2D eigenvalue weighted by Gasteiger charge is -2.22. The van der Waals surface area contributed by atoms with E-state index >= 15 is 0 Å². The van der Waals surface area contributed by atoms with Gasteiger partial charge in [-0.05, 0) is 44.9 Å². The normalized spacial score (nSPS) is 31.1. The van der Waals surface area contributed by atoms with Crippen molar-refractivity contribution in [3.63, 3.8) is 0 Å². The molecule has 108 valence electrons. The summed E-state index contributed by atoms with van der Waals surface area (Å²) in [5, 5.41) is 11.9. The van der Waals surface area contributed by atoms with Gasteiger partial charge in [0.15, 0.2) is 0 Å². The van der Waals surface area contributed by atoms with Crippen LogP contribution in [0.3, 0.4) is 0 Å². The number of ether oxygens (including phenoxy) is 1. The summed E-state index contributed by atoms with van der Waals surface area (Å²) < 4.78 is 5.59. The van der Waals surface area contributed by atoms with Crippen LogP contribution in [0.4, 0.5) is 0 Å². The maximum atomic E-state index is 11.8. The number of hydrogen-bond donors (Lipinski definition) is 2. The number of nitrogens with one attached hydrogen (secondary N) is 1. The van der Waals surface area contributed by atoms with Crippen molar-refractivity contribution in [2.45, 2.75) is 63.5 Å². The number of carboxylic acid groups (broad SMARTS) is 1. The fourth-order valence-corrected chi connectivity index (χ4v) is 2.96. The number of hydrogen-bond acceptors (Lipinski definition) is 3. The Labute approximate surface area is 113 Å². The van der Waals surface area contributed by atoms with E-state index in [0.717, 1.165) is 32.3 Å². The number of amides is 1. The molecule has 1 saturated heterocycles. The molecule has 0 radical (unpaired) electrons. The second kappa shape index (κ2) is 6.89. The first-order valence-electron chi connectivity index (χ1n) is 7.29. The average molecular weight is 269 g/mol. The topological polar surface area (TPSA) is 75.6 Å². The largest absolute Gasteiger partial charge is 0.481 e. The molecular formula is C14H23NO4. The van der Waals surface area contributed by atoms with Crippen molar-refractivity contribution in [1.29, 1.82) is 0 Å². The Bertz CT molecular complexity index is 325. The quantitative estimate of drug-likeness (QED) is 0.796. The van der Waals surface area contributed by atoms with Crippen LogP contribution in [-0.4, -0.2) is 35.7 Å². The predicted molar refractivity (Wildman–Crippen MR) is 69.7 cm³/mol. The van der Waals surface area contributed by atoms with Gasteiger partial charge in [0, 0.05) is 19.1 Å². The number of rotatable bonds is 5. The third-order valence-electron chi connectivity index (χ3n) is 4.11. The van der Waals surface area contributed by atoms with Crippen LogP contribution in [0.25, 0.3) is 0 Å². The number of carboxylic acids is 1. The first kappa shape index (κ1) is 14.3. The van der Waals surface area contributed by atoms with Gasteiger partial charge in [0.25, 0.3) is 0 Å². The van der Waals surface area contributed by atoms with E-state index in [-0.39, 0.29) is 24.0 Å². The van der Waals surface area contributed by atoms with Gasteiger partial charge in [-0.15, -0.1) is 0 Å². The standard InChI is InChI=1S/C14H23NO4/c16-13(7-6-12-3-1-2-8-19-12)15-11-5-4-10(9-11)14(17)18/h10-12H,1-9H2,(H,15,16)(H,17,18). The summed E-state index contributed by atoms with van der Waals surface area (Å²) in [4.78, 5) is 22.6. The van der Waals surface area contributed by atoms with Gasteiger partial charge in [-0.25, -0.2) is 0 Å². The molecule has 2 N–H and O–H groups in total. The van der Waals surface area contributed by atoms with Gasteiger partial charge < -0.3 is 15.2 Å². The molecular weight excluding hydrogens is 246 g/mol. The fourth-order valence-electron chi connectivity index (χ4n) is 2.96. The van der Waals surface area contributed by atoms with Crippen LogP contribution in [-0.2, 0) is 14.3 Å². The van der Waals surface area contributed by atoms with E-state index in [1.165, 1.54) is 6.42 Å². The summed E-state index contributed by atoms with van der Waals surface area (Å²) in [7, 11) is 0. The van der Waals surface area contributed by atoms with Crippen LogP contribution in [0.5, 0.6) is 0 Å². The summed E-state index contributed by atoms with van der Waals surface area (Å²) in [6.07, 6.45) is 6.89. The molecule has 5 heteroatoms. The molecule has 5 nitrogen and oxygen atoms in total. The maximum Gasteiger partial charge on any atom is 0.306 e. The molecule has 0 aromatic carbocycles. The lowest BCUT2D eigenvalue weighted by atomic mass is 10.0. The highest BCUT2D eigenvalue weighted by atomic mass is 16.5. The van der Waals surface area contributed by atoms with Gasteiger partial charge in [0.1, 0.15) is 0 Å². The minimum absolute atomic E-state index is 0.0326. The van der Waals surface area contributed by atoms with E-state index in [0.29, 0.717) is 19.3 Å². The Morgan fingerprint density at radius 3 is 2.68 bits per heavy atom. The van der Waals surface area contributed by atoms with Crippen molar-refractivity contribution in [3.05, 3.63) is 0 Å². The van der Waals surface area contributed by atoms with Gasteiger partial charge in [0.05, 0.1) is 12.0 Å². The predicted octanol–water partition coefficient (Wildman–Crippen LogP) is 1.71. The van der Waals surface area contributed by atoms with Crippen LogP contribution in [0, 0.1) is 5.92 Å². The smallest absolute Gasteiger partial charge is 0.306 e. The summed E-state index contributed by atoms with van der Waals surface area (Å²) >= 11 is 0. The summed E-state index contributed by atoms with van der Waals surface area (Å²) in [6.45, 7) is 0.815. The molecule has 1 saturated carbocycles. The zero-order valence-corrected chi connectivity index (χ0v) is 11.3. The molecule has 0 aromatic heterocycles. The molecule has 0 aromatic rings. The lowest BCUT2D eigenvalue weighted by Crippen LogP contribution is -2.34. The highest BCUT2D eigenvalue weighted by Crippen LogP contribution is 2.25. The van der Waals surface area contributed by atoms with Gasteiger partial charge in [-0.3, -0.25) is 9.59 Å². The lowest BCUT2D eigenvalue weighted by molar-refractivity contribution is -0.141. The van der Waals surface area contributed by atoms with E-state index in [1.807, 2.05) is 0 Å². The van der Waals surface area contributed by atoms with Gasteiger partial charge in [-0.2, -0.15) is 0 Å². The zero-order chi connectivity index (χ0) is 13.7. The van der Waals surface area contributed by atoms with E-state index < -0.39 is 5.97 Å². The minimum atomic E-state index is -0.743. The molecule has 1 aliphatic carbocycles. The molecule has 19 heavy (non-hydrogen) atoms. The minimum Gasteiger partial charge on any atom is -0.481 e. The summed E-state index contributed by atoms with van der Waals surface area (Å²) in [5.74, 6) is -0.996. The Hall–Kier alpha value is -1.10. The first-order valence-corrected chi connectivity index (χ1v) is 7.29. The molecule has 2 rings (SSSR count). The van der Waals surface area contributed by atoms with Crippen LogP contribution < -0.4 is 5.32 Å². The Balaban J connectivity index is 1.63. The van der Waals surface area contributed by atoms with Gasteiger partial charge >= 0.3 is 5.97 Å².